The van der Waals surface area contributed by atoms with Gasteiger partial charge in [0.25, 0.3) is 5.91 Å². The van der Waals surface area contributed by atoms with E-state index in [4.69, 9.17) is 0 Å². The molecule has 1 heterocycles. The highest BCUT2D eigenvalue weighted by Crippen LogP contribution is 2.36. The Bertz CT molecular complexity index is 911. The van der Waals surface area contributed by atoms with Gasteiger partial charge in [-0.3, -0.25) is 4.79 Å². The molecular formula is C21H17BrN2O. The van der Waals surface area contributed by atoms with Crippen molar-refractivity contribution in [3.8, 4) is 0 Å². The van der Waals surface area contributed by atoms with E-state index in [0.29, 0.717) is 6.54 Å². The number of rotatable bonds is 4. The SMILES string of the molecule is O=C1c2ccccc2[C@H](Nc2ccccc2Br)N1Cc1ccccc1. The minimum absolute atomic E-state index is 0.0593. The molecular weight excluding hydrogens is 376 g/mol. The van der Waals surface area contributed by atoms with Gasteiger partial charge in [0.1, 0.15) is 6.17 Å². The summed E-state index contributed by atoms with van der Waals surface area (Å²) in [6.45, 7) is 0.566. The number of para-hydroxylation sites is 1. The molecule has 0 spiro atoms. The molecule has 0 fully saturated rings. The predicted molar refractivity (Wildman–Crippen MR) is 103 cm³/mol. The normalized spacial score (nSPS) is 16.0. The highest BCUT2D eigenvalue weighted by atomic mass is 79.9. The van der Waals surface area contributed by atoms with Crippen molar-refractivity contribution in [1.29, 1.82) is 0 Å². The lowest BCUT2D eigenvalue weighted by Gasteiger charge is -2.27. The number of hydrogen-bond acceptors (Lipinski definition) is 2. The smallest absolute Gasteiger partial charge is 0.256 e. The number of amides is 1. The Morgan fingerprint density at radius 1 is 0.880 bits per heavy atom. The van der Waals surface area contributed by atoms with Gasteiger partial charge in [0.05, 0.1) is 5.69 Å². The van der Waals surface area contributed by atoms with E-state index in [2.05, 4.69) is 21.2 Å². The molecule has 0 aromatic heterocycles. The van der Waals surface area contributed by atoms with Crippen LogP contribution >= 0.6 is 15.9 Å². The van der Waals surface area contributed by atoms with Crippen molar-refractivity contribution in [3.05, 3.63) is 100 Å². The van der Waals surface area contributed by atoms with Gasteiger partial charge in [-0.2, -0.15) is 0 Å². The lowest BCUT2D eigenvalue weighted by atomic mass is 10.1. The van der Waals surface area contributed by atoms with Gasteiger partial charge >= 0.3 is 0 Å². The van der Waals surface area contributed by atoms with Crippen LogP contribution in [-0.4, -0.2) is 10.8 Å². The van der Waals surface area contributed by atoms with E-state index in [1.807, 2.05) is 83.8 Å². The molecule has 0 saturated heterocycles. The Morgan fingerprint density at radius 3 is 2.36 bits per heavy atom. The zero-order chi connectivity index (χ0) is 17.2. The maximum Gasteiger partial charge on any atom is 0.256 e. The van der Waals surface area contributed by atoms with Crippen LogP contribution in [0.4, 0.5) is 5.69 Å². The van der Waals surface area contributed by atoms with E-state index in [0.717, 1.165) is 26.9 Å². The third kappa shape index (κ3) is 3.05. The molecule has 0 aliphatic carbocycles. The molecule has 0 saturated carbocycles. The minimum Gasteiger partial charge on any atom is -0.360 e. The van der Waals surface area contributed by atoms with Crippen LogP contribution in [0.25, 0.3) is 0 Å². The third-order valence-corrected chi connectivity index (χ3v) is 5.11. The molecule has 1 N–H and O–H groups in total. The van der Waals surface area contributed by atoms with Gasteiger partial charge in [0.15, 0.2) is 0 Å². The van der Waals surface area contributed by atoms with Gasteiger partial charge in [0.2, 0.25) is 0 Å². The van der Waals surface area contributed by atoms with E-state index in [9.17, 15) is 4.79 Å². The standard InChI is InChI=1S/C21H17BrN2O/c22-18-12-6-7-13-19(18)23-20-16-10-4-5-11-17(16)21(25)24(20)14-15-8-2-1-3-9-15/h1-13,20,23H,14H2/t20-/m1/s1. The Balaban J connectivity index is 1.71. The van der Waals surface area contributed by atoms with Crippen LogP contribution < -0.4 is 5.32 Å². The second-order valence-corrected chi connectivity index (χ2v) is 6.89. The number of hydrogen-bond donors (Lipinski definition) is 1. The van der Waals surface area contributed by atoms with Crippen LogP contribution in [0.5, 0.6) is 0 Å². The number of nitrogens with one attached hydrogen (secondary N) is 1. The number of anilines is 1. The molecule has 3 nitrogen and oxygen atoms in total. The summed E-state index contributed by atoms with van der Waals surface area (Å²) >= 11 is 3.58. The summed E-state index contributed by atoms with van der Waals surface area (Å²) in [4.78, 5) is 14.8. The van der Waals surface area contributed by atoms with E-state index in [1.165, 1.54) is 0 Å². The maximum absolute atomic E-state index is 13.0. The zero-order valence-corrected chi connectivity index (χ0v) is 15.1. The Hall–Kier alpha value is -2.59. The van der Waals surface area contributed by atoms with Crippen molar-refractivity contribution < 1.29 is 4.79 Å². The summed E-state index contributed by atoms with van der Waals surface area (Å²) in [5.41, 5.74) is 3.86. The second-order valence-electron chi connectivity index (χ2n) is 6.03. The molecule has 0 unspecified atom stereocenters. The number of carbonyl (C=O) groups is 1. The van der Waals surface area contributed by atoms with Gasteiger partial charge in [-0.25, -0.2) is 0 Å². The molecule has 4 heteroatoms. The van der Waals surface area contributed by atoms with Crippen LogP contribution in [0.15, 0.2) is 83.3 Å². The molecule has 25 heavy (non-hydrogen) atoms. The highest BCUT2D eigenvalue weighted by Gasteiger charge is 2.36. The molecule has 3 aromatic carbocycles. The van der Waals surface area contributed by atoms with Crippen LogP contribution in [0.3, 0.4) is 0 Å². The molecule has 3 aromatic rings. The Kier molecular flexibility index (Phi) is 4.28. The Morgan fingerprint density at radius 2 is 1.56 bits per heavy atom. The van der Waals surface area contributed by atoms with Crippen molar-refractivity contribution in [2.45, 2.75) is 12.7 Å². The van der Waals surface area contributed by atoms with Gasteiger partial charge in [-0.05, 0) is 39.7 Å². The first-order valence-corrected chi connectivity index (χ1v) is 8.98. The number of halogens is 1. The van der Waals surface area contributed by atoms with Gasteiger partial charge in [0, 0.05) is 22.1 Å². The summed E-state index contributed by atoms with van der Waals surface area (Å²) in [5, 5.41) is 3.52. The molecule has 1 aliphatic heterocycles. The number of benzene rings is 3. The van der Waals surface area contributed by atoms with Crippen LogP contribution in [0.1, 0.15) is 27.7 Å². The third-order valence-electron chi connectivity index (χ3n) is 4.42. The Labute approximate surface area is 155 Å². The molecule has 0 bridgehead atoms. The largest absolute Gasteiger partial charge is 0.360 e. The fourth-order valence-corrected chi connectivity index (χ4v) is 3.59. The second kappa shape index (κ2) is 6.73. The predicted octanol–water partition coefficient (Wildman–Crippen LogP) is 5.22. The van der Waals surface area contributed by atoms with Crippen molar-refractivity contribution in [3.63, 3.8) is 0 Å². The number of carbonyl (C=O) groups excluding carboxylic acids is 1. The van der Waals surface area contributed by atoms with E-state index in [-0.39, 0.29) is 12.1 Å². The van der Waals surface area contributed by atoms with Crippen molar-refractivity contribution in [1.82, 2.24) is 4.90 Å². The topological polar surface area (TPSA) is 32.3 Å². The van der Waals surface area contributed by atoms with Crippen molar-refractivity contribution in [2.24, 2.45) is 0 Å². The first kappa shape index (κ1) is 15.9. The number of nitrogens with zero attached hydrogens (tertiary/aromatic N) is 1. The monoisotopic (exact) mass is 392 g/mol. The average molecular weight is 393 g/mol. The van der Waals surface area contributed by atoms with E-state index >= 15 is 0 Å². The van der Waals surface area contributed by atoms with E-state index < -0.39 is 0 Å². The minimum atomic E-state index is -0.192. The lowest BCUT2D eigenvalue weighted by molar-refractivity contribution is 0.0728. The summed E-state index contributed by atoms with van der Waals surface area (Å²) in [7, 11) is 0. The molecule has 124 valence electrons. The summed E-state index contributed by atoms with van der Waals surface area (Å²) in [5.74, 6) is 0.0593. The van der Waals surface area contributed by atoms with Crippen LogP contribution in [0.2, 0.25) is 0 Å². The summed E-state index contributed by atoms with van der Waals surface area (Å²) in [6, 6.07) is 25.9. The highest BCUT2D eigenvalue weighted by molar-refractivity contribution is 9.10. The van der Waals surface area contributed by atoms with Gasteiger partial charge < -0.3 is 10.2 Å². The fourth-order valence-electron chi connectivity index (χ4n) is 3.19. The molecule has 1 atom stereocenters. The maximum atomic E-state index is 13.0. The summed E-state index contributed by atoms with van der Waals surface area (Å²) in [6.07, 6.45) is -0.192. The first-order valence-electron chi connectivity index (χ1n) is 8.19. The van der Waals surface area contributed by atoms with Crippen LogP contribution in [0, 0.1) is 0 Å². The quantitative estimate of drug-likeness (QED) is 0.660. The molecule has 1 amide bonds. The van der Waals surface area contributed by atoms with Crippen LogP contribution in [-0.2, 0) is 6.54 Å². The lowest BCUT2D eigenvalue weighted by Crippen LogP contribution is -2.31. The van der Waals surface area contributed by atoms with Crippen molar-refractivity contribution in [2.75, 3.05) is 5.32 Å². The van der Waals surface area contributed by atoms with E-state index in [1.54, 1.807) is 0 Å². The average Bonchev–Trinajstić information content (AvgIpc) is 2.91. The molecule has 1 aliphatic rings. The van der Waals surface area contributed by atoms with Gasteiger partial charge in [-0.1, -0.05) is 60.7 Å². The fraction of sp³-hybridized carbons (Fsp3) is 0.0952. The van der Waals surface area contributed by atoms with Gasteiger partial charge in [-0.15, -0.1) is 0 Å². The zero-order valence-electron chi connectivity index (χ0n) is 13.5. The first-order chi connectivity index (χ1) is 12.2. The molecule has 0 radical (unpaired) electrons. The number of fused-ring (bicyclic) bond motifs is 1. The summed E-state index contributed by atoms with van der Waals surface area (Å²) < 4.78 is 0.978. The molecule has 4 rings (SSSR count). The van der Waals surface area contributed by atoms with Crippen molar-refractivity contribution >= 4 is 27.5 Å².